The van der Waals surface area contributed by atoms with Gasteiger partial charge in [0.2, 0.25) is 0 Å². The molecule has 1 fully saturated rings. The van der Waals surface area contributed by atoms with Crippen molar-refractivity contribution in [2.45, 2.75) is 26.7 Å². The van der Waals surface area contributed by atoms with E-state index in [-0.39, 0.29) is 23.2 Å². The van der Waals surface area contributed by atoms with Crippen molar-refractivity contribution in [3.63, 3.8) is 0 Å². The van der Waals surface area contributed by atoms with Gasteiger partial charge in [-0.3, -0.25) is 4.79 Å². The third-order valence-electron chi connectivity index (χ3n) is 3.68. The number of rotatable bonds is 3. The Morgan fingerprint density at radius 2 is 1.89 bits per heavy atom. The lowest BCUT2D eigenvalue weighted by molar-refractivity contribution is -0.121. The summed E-state index contributed by atoms with van der Waals surface area (Å²) in [5, 5.41) is 0. The van der Waals surface area contributed by atoms with E-state index in [1.54, 1.807) is 0 Å². The van der Waals surface area contributed by atoms with Crippen LogP contribution in [0.5, 0.6) is 0 Å². The molecule has 18 heavy (non-hydrogen) atoms. The van der Waals surface area contributed by atoms with Crippen LogP contribution in [0.4, 0.5) is 0 Å². The van der Waals surface area contributed by atoms with Crippen LogP contribution in [0, 0.1) is 19.8 Å². The molecule has 1 aliphatic heterocycles. The molecule has 1 aromatic rings. The lowest BCUT2D eigenvalue weighted by Gasteiger charge is -2.11. The highest BCUT2D eigenvalue weighted by Crippen LogP contribution is 2.23. The number of hydrogen-bond acceptors (Lipinski definition) is 3. The number of hydrogen-bond donors (Lipinski definition) is 0. The van der Waals surface area contributed by atoms with Crippen molar-refractivity contribution in [3.8, 4) is 0 Å². The van der Waals surface area contributed by atoms with Crippen LogP contribution in [0.2, 0.25) is 0 Å². The van der Waals surface area contributed by atoms with Gasteiger partial charge in [0.05, 0.1) is 11.5 Å². The van der Waals surface area contributed by atoms with Gasteiger partial charge in [-0.1, -0.05) is 18.2 Å². The number of sulfone groups is 1. The van der Waals surface area contributed by atoms with Crippen LogP contribution in [0.25, 0.3) is 0 Å². The zero-order chi connectivity index (χ0) is 13.3. The summed E-state index contributed by atoms with van der Waals surface area (Å²) in [6.45, 7) is 3.97. The molecule has 1 atom stereocenters. The van der Waals surface area contributed by atoms with E-state index < -0.39 is 9.84 Å². The van der Waals surface area contributed by atoms with Crippen molar-refractivity contribution in [2.75, 3.05) is 11.5 Å². The average Bonchev–Trinajstić information content (AvgIpc) is 2.64. The predicted molar refractivity (Wildman–Crippen MR) is 71.4 cm³/mol. The Balaban J connectivity index is 2.13. The van der Waals surface area contributed by atoms with E-state index in [4.69, 9.17) is 0 Å². The van der Waals surface area contributed by atoms with Crippen LogP contribution < -0.4 is 0 Å². The quantitative estimate of drug-likeness (QED) is 0.839. The number of Topliss-reactive ketones (excluding diaryl/α,β-unsaturated/α-hetero) is 1. The Morgan fingerprint density at radius 3 is 2.39 bits per heavy atom. The number of benzene rings is 1. The first-order valence-electron chi connectivity index (χ1n) is 6.17. The fourth-order valence-electron chi connectivity index (χ4n) is 2.50. The molecule has 0 aromatic heterocycles. The summed E-state index contributed by atoms with van der Waals surface area (Å²) in [4.78, 5) is 12.1. The molecule has 0 radical (unpaired) electrons. The van der Waals surface area contributed by atoms with Gasteiger partial charge in [-0.25, -0.2) is 8.42 Å². The van der Waals surface area contributed by atoms with Gasteiger partial charge in [-0.05, 0) is 37.0 Å². The Kier molecular flexibility index (Phi) is 3.57. The maximum Gasteiger partial charge on any atom is 0.151 e. The van der Waals surface area contributed by atoms with Gasteiger partial charge in [0.15, 0.2) is 9.84 Å². The summed E-state index contributed by atoms with van der Waals surface area (Å²) in [7, 11) is -2.97. The highest BCUT2D eigenvalue weighted by Gasteiger charge is 2.32. The largest absolute Gasteiger partial charge is 0.299 e. The second-order valence-electron chi connectivity index (χ2n) is 5.11. The Bertz CT molecular complexity index is 552. The minimum atomic E-state index is -2.97. The molecular weight excluding hydrogens is 248 g/mol. The molecule has 0 saturated carbocycles. The Morgan fingerprint density at radius 1 is 1.28 bits per heavy atom. The van der Waals surface area contributed by atoms with Gasteiger partial charge >= 0.3 is 0 Å². The molecule has 2 rings (SSSR count). The van der Waals surface area contributed by atoms with E-state index >= 15 is 0 Å². The zero-order valence-electron chi connectivity index (χ0n) is 10.8. The van der Waals surface area contributed by atoms with Gasteiger partial charge < -0.3 is 0 Å². The van der Waals surface area contributed by atoms with Crippen molar-refractivity contribution in [3.05, 3.63) is 34.9 Å². The van der Waals surface area contributed by atoms with E-state index in [9.17, 15) is 13.2 Å². The summed E-state index contributed by atoms with van der Waals surface area (Å²) < 4.78 is 22.8. The molecule has 0 aliphatic carbocycles. The van der Waals surface area contributed by atoms with Crippen molar-refractivity contribution < 1.29 is 13.2 Å². The number of carbonyl (C=O) groups excluding carboxylic acids is 1. The van der Waals surface area contributed by atoms with Gasteiger partial charge in [0.25, 0.3) is 0 Å². The summed E-state index contributed by atoms with van der Waals surface area (Å²) in [5.41, 5.74) is 3.25. The minimum Gasteiger partial charge on any atom is -0.299 e. The molecule has 0 amide bonds. The zero-order valence-corrected chi connectivity index (χ0v) is 11.6. The lowest BCUT2D eigenvalue weighted by atomic mass is 9.92. The third kappa shape index (κ3) is 2.80. The van der Waals surface area contributed by atoms with Crippen LogP contribution in [-0.2, 0) is 21.1 Å². The fraction of sp³-hybridized carbons (Fsp3) is 0.500. The second-order valence-corrected chi connectivity index (χ2v) is 7.34. The van der Waals surface area contributed by atoms with E-state index in [1.165, 1.54) is 0 Å². The standard InChI is InChI=1S/C14H18O3S/c1-10-4-3-5-11(2)13(10)8-14(15)12-6-7-18(16,17)9-12/h3-5,12H,6-9H2,1-2H3. The van der Waals surface area contributed by atoms with Crippen molar-refractivity contribution in [2.24, 2.45) is 5.92 Å². The smallest absolute Gasteiger partial charge is 0.151 e. The summed E-state index contributed by atoms with van der Waals surface area (Å²) in [5.74, 6) is -0.0325. The number of aryl methyl sites for hydroxylation is 2. The topological polar surface area (TPSA) is 51.2 Å². The van der Waals surface area contributed by atoms with Crippen molar-refractivity contribution in [1.29, 1.82) is 0 Å². The minimum absolute atomic E-state index is 0.0385. The maximum atomic E-state index is 12.1. The van der Waals surface area contributed by atoms with E-state index in [0.717, 1.165) is 16.7 Å². The average molecular weight is 266 g/mol. The predicted octanol–water partition coefficient (Wildman–Crippen LogP) is 1.85. The number of ketones is 1. The van der Waals surface area contributed by atoms with Crippen LogP contribution in [0.15, 0.2) is 18.2 Å². The van der Waals surface area contributed by atoms with Gasteiger partial charge in [-0.2, -0.15) is 0 Å². The maximum absolute atomic E-state index is 12.1. The van der Waals surface area contributed by atoms with Crippen LogP contribution in [0.1, 0.15) is 23.1 Å². The molecule has 1 unspecified atom stereocenters. The normalized spacial score (nSPS) is 22.0. The molecule has 1 heterocycles. The van der Waals surface area contributed by atoms with E-state index in [1.807, 2.05) is 32.0 Å². The number of carbonyl (C=O) groups is 1. The Labute approximate surface area is 108 Å². The molecule has 0 spiro atoms. The molecule has 4 heteroatoms. The molecule has 98 valence electrons. The molecule has 1 saturated heterocycles. The summed E-state index contributed by atoms with van der Waals surface area (Å²) in [6.07, 6.45) is 0.852. The first-order valence-corrected chi connectivity index (χ1v) is 7.99. The molecule has 1 aliphatic rings. The van der Waals surface area contributed by atoms with Crippen LogP contribution in [0.3, 0.4) is 0 Å². The van der Waals surface area contributed by atoms with Crippen molar-refractivity contribution >= 4 is 15.6 Å². The first-order chi connectivity index (χ1) is 8.39. The van der Waals surface area contributed by atoms with E-state index in [2.05, 4.69) is 0 Å². The Hall–Kier alpha value is -1.16. The van der Waals surface area contributed by atoms with Gasteiger partial charge in [0.1, 0.15) is 5.78 Å². The molecule has 3 nitrogen and oxygen atoms in total. The molecule has 0 bridgehead atoms. The monoisotopic (exact) mass is 266 g/mol. The van der Waals surface area contributed by atoms with Gasteiger partial charge in [0, 0.05) is 12.3 Å². The first kappa shape index (κ1) is 13.3. The third-order valence-corrected chi connectivity index (χ3v) is 5.45. The summed E-state index contributed by atoms with van der Waals surface area (Å²) >= 11 is 0. The molecule has 1 aromatic carbocycles. The molecular formula is C14H18O3S. The second kappa shape index (κ2) is 4.84. The van der Waals surface area contributed by atoms with Gasteiger partial charge in [-0.15, -0.1) is 0 Å². The SMILES string of the molecule is Cc1cccc(C)c1CC(=O)C1CCS(=O)(=O)C1. The van der Waals surface area contributed by atoms with Crippen molar-refractivity contribution in [1.82, 2.24) is 0 Å². The van der Waals surface area contributed by atoms with E-state index in [0.29, 0.717) is 12.8 Å². The summed E-state index contributed by atoms with van der Waals surface area (Å²) in [6, 6.07) is 5.95. The molecule has 0 N–H and O–H groups in total. The van der Waals surface area contributed by atoms with Crippen LogP contribution >= 0.6 is 0 Å². The fourth-order valence-corrected chi connectivity index (χ4v) is 4.27. The highest BCUT2D eigenvalue weighted by molar-refractivity contribution is 7.91. The highest BCUT2D eigenvalue weighted by atomic mass is 32.2. The lowest BCUT2D eigenvalue weighted by Crippen LogP contribution is -2.19. The van der Waals surface area contributed by atoms with Crippen LogP contribution in [-0.4, -0.2) is 25.7 Å².